The number of anilines is 1. The van der Waals surface area contributed by atoms with Gasteiger partial charge in [0.05, 0.1) is 0 Å². The van der Waals surface area contributed by atoms with Gasteiger partial charge in [0.2, 0.25) is 5.91 Å². The van der Waals surface area contributed by atoms with Gasteiger partial charge in [-0.1, -0.05) is 32.0 Å². The van der Waals surface area contributed by atoms with Crippen molar-refractivity contribution in [2.75, 3.05) is 31.1 Å². The normalized spacial score (nSPS) is 16.4. The van der Waals surface area contributed by atoms with Gasteiger partial charge in [0, 0.05) is 31.9 Å². The van der Waals surface area contributed by atoms with Crippen LogP contribution in [-0.2, 0) is 9.53 Å². The molecular weight excluding hydrogens is 330 g/mol. The van der Waals surface area contributed by atoms with Crippen molar-refractivity contribution in [3.63, 3.8) is 0 Å². The average Bonchev–Trinajstić information content (AvgIpc) is 2.58. The van der Waals surface area contributed by atoms with Crippen molar-refractivity contribution >= 4 is 17.7 Å². The predicted molar refractivity (Wildman–Crippen MR) is 103 cm³/mol. The summed E-state index contributed by atoms with van der Waals surface area (Å²) in [6.45, 7) is 12.1. The van der Waals surface area contributed by atoms with Gasteiger partial charge in [-0.3, -0.25) is 4.79 Å². The third kappa shape index (κ3) is 5.64. The molecule has 6 nitrogen and oxygen atoms in total. The second-order valence-corrected chi connectivity index (χ2v) is 8.02. The zero-order valence-corrected chi connectivity index (χ0v) is 16.5. The van der Waals surface area contributed by atoms with Crippen molar-refractivity contribution < 1.29 is 14.3 Å². The fourth-order valence-corrected chi connectivity index (χ4v) is 2.97. The summed E-state index contributed by atoms with van der Waals surface area (Å²) in [5.41, 5.74) is 0.586. The summed E-state index contributed by atoms with van der Waals surface area (Å²) in [4.78, 5) is 29.1. The van der Waals surface area contributed by atoms with E-state index in [1.165, 1.54) is 5.69 Å². The van der Waals surface area contributed by atoms with Crippen molar-refractivity contribution in [2.45, 2.75) is 46.3 Å². The highest BCUT2D eigenvalue weighted by Gasteiger charge is 2.32. The van der Waals surface area contributed by atoms with Gasteiger partial charge in [-0.25, -0.2) is 4.79 Å². The number of ether oxygens (including phenoxy) is 1. The van der Waals surface area contributed by atoms with E-state index in [1.54, 1.807) is 0 Å². The fraction of sp³-hybridized carbons (Fsp3) is 0.600. The Morgan fingerprint density at radius 2 is 1.62 bits per heavy atom. The van der Waals surface area contributed by atoms with E-state index in [1.807, 2.05) is 57.7 Å². The van der Waals surface area contributed by atoms with Crippen LogP contribution >= 0.6 is 0 Å². The maximum absolute atomic E-state index is 12.9. The fourth-order valence-electron chi connectivity index (χ4n) is 2.97. The molecule has 0 aliphatic carbocycles. The van der Waals surface area contributed by atoms with Gasteiger partial charge in [-0.05, 0) is 38.8 Å². The topological polar surface area (TPSA) is 61.9 Å². The van der Waals surface area contributed by atoms with E-state index in [0.29, 0.717) is 13.1 Å². The number of hydrogen-bond donors (Lipinski definition) is 1. The first-order valence-electron chi connectivity index (χ1n) is 9.25. The molecule has 1 saturated heterocycles. The molecule has 0 saturated carbocycles. The van der Waals surface area contributed by atoms with Crippen molar-refractivity contribution in [2.24, 2.45) is 5.92 Å². The molecule has 26 heavy (non-hydrogen) atoms. The number of amides is 2. The smallest absolute Gasteiger partial charge is 0.408 e. The third-order valence-corrected chi connectivity index (χ3v) is 4.32. The molecule has 1 N–H and O–H groups in total. The summed E-state index contributed by atoms with van der Waals surface area (Å²) in [5, 5.41) is 2.75. The summed E-state index contributed by atoms with van der Waals surface area (Å²) in [6, 6.07) is 9.63. The summed E-state index contributed by atoms with van der Waals surface area (Å²) in [5.74, 6) is -0.0549. The molecule has 1 heterocycles. The Hall–Kier alpha value is -2.24. The second kappa shape index (κ2) is 8.43. The molecule has 1 aromatic carbocycles. The minimum atomic E-state index is -0.587. The summed E-state index contributed by atoms with van der Waals surface area (Å²) in [7, 11) is 0. The molecule has 6 heteroatoms. The maximum atomic E-state index is 12.9. The van der Waals surface area contributed by atoms with Gasteiger partial charge in [-0.15, -0.1) is 0 Å². The van der Waals surface area contributed by atoms with Crippen molar-refractivity contribution in [3.8, 4) is 0 Å². The van der Waals surface area contributed by atoms with Gasteiger partial charge in [0.1, 0.15) is 11.6 Å². The van der Waals surface area contributed by atoms with E-state index >= 15 is 0 Å². The van der Waals surface area contributed by atoms with E-state index in [4.69, 9.17) is 4.74 Å². The van der Waals surface area contributed by atoms with Crippen LogP contribution in [0.3, 0.4) is 0 Å². The number of alkyl carbamates (subject to hydrolysis) is 1. The van der Waals surface area contributed by atoms with Crippen molar-refractivity contribution in [3.05, 3.63) is 30.3 Å². The molecular formula is C20H31N3O3. The largest absolute Gasteiger partial charge is 0.444 e. The molecule has 0 spiro atoms. The van der Waals surface area contributed by atoms with Crippen LogP contribution in [0.25, 0.3) is 0 Å². The van der Waals surface area contributed by atoms with Crippen LogP contribution in [0.15, 0.2) is 30.3 Å². The standard InChI is InChI=1S/C20H31N3O3/c1-15(2)17(21-19(25)26-20(3,4)5)18(24)23-13-11-22(12-14-23)16-9-7-6-8-10-16/h6-10,15,17H,11-14H2,1-5H3,(H,21,25). The summed E-state index contributed by atoms with van der Waals surface area (Å²) < 4.78 is 5.30. The number of nitrogens with one attached hydrogen (secondary N) is 1. The predicted octanol–water partition coefficient (Wildman–Crippen LogP) is 2.88. The first kappa shape index (κ1) is 20.1. The Labute approximate surface area is 156 Å². The third-order valence-electron chi connectivity index (χ3n) is 4.32. The Morgan fingerprint density at radius 1 is 1.04 bits per heavy atom. The molecule has 144 valence electrons. The van der Waals surface area contributed by atoms with Gasteiger partial charge in [-0.2, -0.15) is 0 Å². The minimum absolute atomic E-state index is 0.0119. The lowest BCUT2D eigenvalue weighted by Crippen LogP contribution is -2.56. The van der Waals surface area contributed by atoms with Gasteiger partial charge >= 0.3 is 6.09 Å². The summed E-state index contributed by atoms with van der Waals surface area (Å²) in [6.07, 6.45) is -0.549. The quantitative estimate of drug-likeness (QED) is 0.896. The van der Waals surface area contributed by atoms with E-state index in [-0.39, 0.29) is 11.8 Å². The lowest BCUT2D eigenvalue weighted by atomic mass is 10.0. The number of piperazine rings is 1. The lowest BCUT2D eigenvalue weighted by Gasteiger charge is -2.38. The summed E-state index contributed by atoms with van der Waals surface area (Å²) >= 11 is 0. The van der Waals surface area contributed by atoms with Crippen LogP contribution < -0.4 is 10.2 Å². The molecule has 2 amide bonds. The number of benzene rings is 1. The molecule has 0 radical (unpaired) electrons. The Bertz CT molecular complexity index is 602. The Morgan fingerprint density at radius 3 is 2.12 bits per heavy atom. The molecule has 1 fully saturated rings. The second-order valence-electron chi connectivity index (χ2n) is 8.02. The maximum Gasteiger partial charge on any atom is 0.408 e. The van der Waals surface area contributed by atoms with Crippen LogP contribution in [0, 0.1) is 5.92 Å². The monoisotopic (exact) mass is 361 g/mol. The van der Waals surface area contributed by atoms with Gasteiger partial charge in [0.15, 0.2) is 0 Å². The van der Waals surface area contributed by atoms with Crippen LogP contribution in [0.2, 0.25) is 0 Å². The molecule has 1 atom stereocenters. The molecule has 2 rings (SSSR count). The number of rotatable bonds is 4. The zero-order valence-electron chi connectivity index (χ0n) is 16.5. The molecule has 1 aliphatic heterocycles. The van der Waals surface area contributed by atoms with E-state index in [2.05, 4.69) is 22.3 Å². The van der Waals surface area contributed by atoms with Gasteiger partial charge in [0.25, 0.3) is 0 Å². The molecule has 1 unspecified atom stereocenters. The highest BCUT2D eigenvalue weighted by atomic mass is 16.6. The lowest BCUT2D eigenvalue weighted by molar-refractivity contribution is -0.134. The number of carbonyl (C=O) groups excluding carboxylic acids is 2. The average molecular weight is 361 g/mol. The number of carbonyl (C=O) groups is 2. The molecule has 0 bridgehead atoms. The van der Waals surface area contributed by atoms with Crippen molar-refractivity contribution in [1.82, 2.24) is 10.2 Å². The SMILES string of the molecule is CC(C)C(NC(=O)OC(C)(C)C)C(=O)N1CCN(c2ccccc2)CC1. The van der Waals surface area contributed by atoms with Crippen LogP contribution in [0.4, 0.5) is 10.5 Å². The van der Waals surface area contributed by atoms with Crippen LogP contribution in [0.5, 0.6) is 0 Å². The van der Waals surface area contributed by atoms with Crippen LogP contribution in [0.1, 0.15) is 34.6 Å². The minimum Gasteiger partial charge on any atom is -0.444 e. The van der Waals surface area contributed by atoms with Gasteiger partial charge < -0.3 is 19.9 Å². The Kier molecular flexibility index (Phi) is 6.51. The van der Waals surface area contributed by atoms with E-state index < -0.39 is 17.7 Å². The highest BCUT2D eigenvalue weighted by molar-refractivity contribution is 5.86. The van der Waals surface area contributed by atoms with Crippen molar-refractivity contribution in [1.29, 1.82) is 0 Å². The number of nitrogens with zero attached hydrogens (tertiary/aromatic N) is 2. The molecule has 1 aromatic rings. The molecule has 0 aromatic heterocycles. The molecule has 1 aliphatic rings. The first-order chi connectivity index (χ1) is 12.2. The van der Waals surface area contributed by atoms with E-state index in [9.17, 15) is 9.59 Å². The van der Waals surface area contributed by atoms with E-state index in [0.717, 1.165) is 13.1 Å². The van der Waals surface area contributed by atoms with Crippen LogP contribution in [-0.4, -0.2) is 54.7 Å². The Balaban J connectivity index is 1.94. The zero-order chi connectivity index (χ0) is 19.3. The first-order valence-corrected chi connectivity index (χ1v) is 9.25. The highest BCUT2D eigenvalue weighted by Crippen LogP contribution is 2.17. The number of para-hydroxylation sites is 1. The number of hydrogen-bond acceptors (Lipinski definition) is 4.